The highest BCUT2D eigenvalue weighted by atomic mass is 19.4. The van der Waals surface area contributed by atoms with Crippen molar-refractivity contribution in [1.29, 1.82) is 0 Å². The Hall–Kier alpha value is -3.92. The summed E-state index contributed by atoms with van der Waals surface area (Å²) in [5.74, 6) is -1.11. The number of rotatable bonds is 7. The van der Waals surface area contributed by atoms with Crippen LogP contribution in [0.2, 0.25) is 0 Å². The first-order valence-electron chi connectivity index (χ1n) is 11.5. The van der Waals surface area contributed by atoms with Gasteiger partial charge >= 0.3 is 6.18 Å². The fourth-order valence-corrected chi connectivity index (χ4v) is 4.02. The van der Waals surface area contributed by atoms with Crippen molar-refractivity contribution in [2.24, 2.45) is 0 Å². The largest absolute Gasteiger partial charge is 0.420 e. The Morgan fingerprint density at radius 3 is 2.41 bits per heavy atom. The van der Waals surface area contributed by atoms with Gasteiger partial charge in [0.2, 0.25) is 0 Å². The fraction of sp³-hybridized carbons (Fsp3) is 0.259. The predicted molar refractivity (Wildman–Crippen MR) is 134 cm³/mol. The van der Waals surface area contributed by atoms with E-state index in [1.807, 2.05) is 0 Å². The van der Waals surface area contributed by atoms with Gasteiger partial charge in [-0.3, -0.25) is 4.79 Å². The summed E-state index contributed by atoms with van der Waals surface area (Å²) < 4.78 is 56.8. The number of nitrogens with zero attached hydrogens (tertiary/aromatic N) is 2. The second-order valence-corrected chi connectivity index (χ2v) is 9.09. The van der Waals surface area contributed by atoms with Crippen LogP contribution in [0.5, 0.6) is 0 Å². The van der Waals surface area contributed by atoms with E-state index in [1.54, 1.807) is 49.7 Å². The van der Waals surface area contributed by atoms with Crippen molar-refractivity contribution in [3.05, 3.63) is 88.9 Å². The summed E-state index contributed by atoms with van der Waals surface area (Å²) in [5, 5.41) is 20.4. The number of amides is 1. The van der Waals surface area contributed by atoms with E-state index in [2.05, 4.69) is 15.7 Å². The third-order valence-corrected chi connectivity index (χ3v) is 6.39. The molecule has 0 bridgehead atoms. The van der Waals surface area contributed by atoms with Gasteiger partial charge in [-0.2, -0.15) is 18.3 Å². The number of fused-ring (bicyclic) bond motifs is 1. The summed E-state index contributed by atoms with van der Waals surface area (Å²) in [4.78, 5) is 12.6. The number of hydrogen-bond acceptors (Lipinski definition) is 4. The van der Waals surface area contributed by atoms with E-state index in [-0.39, 0.29) is 5.56 Å². The topological polar surface area (TPSA) is 79.2 Å². The molecule has 10 heteroatoms. The molecule has 0 spiro atoms. The lowest BCUT2D eigenvalue weighted by molar-refractivity contribution is -0.251. The molecule has 1 unspecified atom stereocenters. The molecule has 3 N–H and O–H groups in total. The van der Waals surface area contributed by atoms with Crippen LogP contribution in [-0.2, 0) is 0 Å². The first kappa shape index (κ1) is 26.2. The molecule has 1 amide bonds. The van der Waals surface area contributed by atoms with Crippen molar-refractivity contribution in [2.75, 3.05) is 18.4 Å². The standard InChI is InChI=1S/C27H26F4N4O2/c1-16-11-23(22-13-34-35(24(22)12-16)20-9-7-19(28)8-10-20)32-14-26(37,27(29,30)31)15-33-25(36)21-6-4-5-17(2)18(21)3/h4-13,32,37H,14-15H2,1-3H3,(H,33,36). The smallest absolute Gasteiger partial charge is 0.381 e. The normalized spacial score (nSPS) is 13.4. The quantitative estimate of drug-likeness (QED) is 0.295. The van der Waals surface area contributed by atoms with Crippen molar-refractivity contribution in [2.45, 2.75) is 32.5 Å². The fourth-order valence-electron chi connectivity index (χ4n) is 4.02. The van der Waals surface area contributed by atoms with Crippen LogP contribution in [-0.4, -0.2) is 45.7 Å². The van der Waals surface area contributed by atoms with Gasteiger partial charge in [-0.1, -0.05) is 12.1 Å². The van der Waals surface area contributed by atoms with E-state index >= 15 is 0 Å². The maximum absolute atomic E-state index is 14.0. The van der Waals surface area contributed by atoms with Gasteiger partial charge in [0, 0.05) is 16.6 Å². The number of alkyl halides is 3. The molecule has 4 rings (SSSR count). The molecule has 37 heavy (non-hydrogen) atoms. The molecular weight excluding hydrogens is 488 g/mol. The second-order valence-electron chi connectivity index (χ2n) is 9.09. The minimum atomic E-state index is -5.03. The number of nitrogens with one attached hydrogen (secondary N) is 2. The number of aliphatic hydroxyl groups is 1. The summed E-state index contributed by atoms with van der Waals surface area (Å²) in [5.41, 5.74) is 0.695. The van der Waals surface area contributed by atoms with Crippen LogP contribution in [0.4, 0.5) is 23.2 Å². The highest BCUT2D eigenvalue weighted by Gasteiger charge is 2.53. The number of carbonyl (C=O) groups excluding carboxylic acids is 1. The predicted octanol–water partition coefficient (Wildman–Crippen LogP) is 5.23. The molecule has 0 aliphatic carbocycles. The van der Waals surface area contributed by atoms with Crippen molar-refractivity contribution >= 4 is 22.5 Å². The minimum absolute atomic E-state index is 0.242. The van der Waals surface area contributed by atoms with Gasteiger partial charge < -0.3 is 15.7 Å². The summed E-state index contributed by atoms with van der Waals surface area (Å²) >= 11 is 0. The number of anilines is 1. The van der Waals surface area contributed by atoms with Crippen LogP contribution >= 0.6 is 0 Å². The zero-order chi connectivity index (χ0) is 27.0. The molecule has 1 atom stereocenters. The molecule has 0 radical (unpaired) electrons. The Labute approximate surface area is 210 Å². The van der Waals surface area contributed by atoms with Crippen LogP contribution in [0.3, 0.4) is 0 Å². The number of benzene rings is 3. The Bertz CT molecular complexity index is 1450. The Kier molecular flexibility index (Phi) is 6.96. The van der Waals surface area contributed by atoms with E-state index in [1.165, 1.54) is 36.5 Å². The number of carbonyl (C=O) groups is 1. The van der Waals surface area contributed by atoms with Crippen LogP contribution in [0.25, 0.3) is 16.6 Å². The van der Waals surface area contributed by atoms with E-state index in [0.717, 1.165) is 11.1 Å². The number of halogens is 4. The summed E-state index contributed by atoms with van der Waals surface area (Å²) in [6.07, 6.45) is -3.55. The molecule has 0 aliphatic heterocycles. The molecule has 1 aromatic heterocycles. The first-order valence-corrected chi connectivity index (χ1v) is 11.5. The molecule has 0 saturated carbocycles. The first-order chi connectivity index (χ1) is 17.4. The molecular formula is C27H26F4N4O2. The Morgan fingerprint density at radius 1 is 1.03 bits per heavy atom. The second kappa shape index (κ2) is 9.85. The SMILES string of the molecule is Cc1cc(NCC(O)(CNC(=O)c2cccc(C)c2C)C(F)(F)F)c2cnn(-c3ccc(F)cc3)c2c1. The maximum Gasteiger partial charge on any atom is 0.420 e. The van der Waals surface area contributed by atoms with Gasteiger partial charge in [-0.15, -0.1) is 0 Å². The maximum atomic E-state index is 14.0. The molecule has 0 saturated heterocycles. The van der Waals surface area contributed by atoms with Gasteiger partial charge in [-0.05, 0) is 79.9 Å². The Morgan fingerprint density at radius 2 is 1.73 bits per heavy atom. The number of aromatic nitrogens is 2. The third-order valence-electron chi connectivity index (χ3n) is 6.39. The average molecular weight is 515 g/mol. The molecule has 194 valence electrons. The zero-order valence-corrected chi connectivity index (χ0v) is 20.4. The van der Waals surface area contributed by atoms with Gasteiger partial charge in [0.15, 0.2) is 5.60 Å². The van der Waals surface area contributed by atoms with Crippen LogP contribution in [0.15, 0.2) is 60.8 Å². The van der Waals surface area contributed by atoms with E-state index < -0.39 is 36.6 Å². The van der Waals surface area contributed by atoms with Crippen molar-refractivity contribution in [1.82, 2.24) is 15.1 Å². The third kappa shape index (κ3) is 5.29. The lowest BCUT2D eigenvalue weighted by Gasteiger charge is -2.31. The van der Waals surface area contributed by atoms with E-state index in [4.69, 9.17) is 0 Å². The summed E-state index contributed by atoms with van der Waals surface area (Å²) in [6.45, 7) is 3.32. The molecule has 3 aromatic carbocycles. The van der Waals surface area contributed by atoms with Crippen molar-refractivity contribution in [3.63, 3.8) is 0 Å². The summed E-state index contributed by atoms with van der Waals surface area (Å²) in [6, 6.07) is 14.1. The average Bonchev–Trinajstić information content (AvgIpc) is 3.26. The number of aryl methyl sites for hydroxylation is 2. The molecule has 0 aliphatic rings. The van der Waals surface area contributed by atoms with E-state index in [0.29, 0.717) is 27.8 Å². The Balaban J connectivity index is 1.58. The zero-order valence-electron chi connectivity index (χ0n) is 20.4. The minimum Gasteiger partial charge on any atom is -0.381 e. The molecule has 0 fully saturated rings. The van der Waals surface area contributed by atoms with Crippen molar-refractivity contribution < 1.29 is 27.5 Å². The van der Waals surface area contributed by atoms with Crippen LogP contribution < -0.4 is 10.6 Å². The summed E-state index contributed by atoms with van der Waals surface area (Å²) in [7, 11) is 0. The van der Waals surface area contributed by atoms with Crippen LogP contribution in [0.1, 0.15) is 27.0 Å². The van der Waals surface area contributed by atoms with E-state index in [9.17, 15) is 27.5 Å². The van der Waals surface area contributed by atoms with Gasteiger partial charge in [0.25, 0.3) is 5.91 Å². The van der Waals surface area contributed by atoms with Crippen molar-refractivity contribution in [3.8, 4) is 5.69 Å². The number of hydrogen-bond donors (Lipinski definition) is 3. The molecule has 4 aromatic rings. The highest BCUT2D eigenvalue weighted by Crippen LogP contribution is 2.33. The van der Waals surface area contributed by atoms with Crippen LogP contribution in [0, 0.1) is 26.6 Å². The molecule has 1 heterocycles. The molecule has 6 nitrogen and oxygen atoms in total. The van der Waals surface area contributed by atoms with Gasteiger partial charge in [0.1, 0.15) is 5.82 Å². The monoisotopic (exact) mass is 514 g/mol. The highest BCUT2D eigenvalue weighted by molar-refractivity contribution is 5.96. The lowest BCUT2D eigenvalue weighted by atomic mass is 10.0. The van der Waals surface area contributed by atoms with Gasteiger partial charge in [0.05, 0.1) is 30.5 Å². The lowest BCUT2D eigenvalue weighted by Crippen LogP contribution is -2.57. The van der Waals surface area contributed by atoms with Gasteiger partial charge in [-0.25, -0.2) is 9.07 Å².